The molecule has 1 heterocycles. The van der Waals surface area contributed by atoms with Crippen molar-refractivity contribution in [2.75, 3.05) is 12.3 Å². The molecular formula is C8H13NO5S. The van der Waals surface area contributed by atoms with Crippen molar-refractivity contribution in [3.63, 3.8) is 0 Å². The Morgan fingerprint density at radius 3 is 2.67 bits per heavy atom. The summed E-state index contributed by atoms with van der Waals surface area (Å²) < 4.78 is 24.0. The number of rotatable bonds is 4. The smallest absolute Gasteiger partial charge is 0.322 e. The topological polar surface area (TPSA) is 94.9 Å². The molecule has 0 aromatic carbocycles. The quantitative estimate of drug-likeness (QED) is 0.611. The zero-order valence-electron chi connectivity index (χ0n) is 8.04. The Morgan fingerprint density at radius 1 is 1.60 bits per heavy atom. The van der Waals surface area contributed by atoms with Crippen LogP contribution in [-0.4, -0.2) is 53.3 Å². The lowest BCUT2D eigenvalue weighted by Crippen LogP contribution is -2.41. The molecule has 0 amide bonds. The number of nitrogens with zero attached hydrogens (tertiary/aromatic N) is 1. The van der Waals surface area contributed by atoms with Gasteiger partial charge in [0.1, 0.15) is 6.04 Å². The maximum absolute atomic E-state index is 11.6. The number of sulfonamides is 1. The first-order chi connectivity index (χ1) is 6.88. The second kappa shape index (κ2) is 4.30. The number of carbonyl (C=O) groups is 1. The van der Waals surface area contributed by atoms with E-state index in [4.69, 9.17) is 5.11 Å². The van der Waals surface area contributed by atoms with E-state index in [0.29, 0.717) is 0 Å². The molecule has 7 heteroatoms. The normalized spacial score (nSPS) is 27.8. The van der Waals surface area contributed by atoms with Crippen molar-refractivity contribution in [1.29, 1.82) is 0 Å². The van der Waals surface area contributed by atoms with Crippen LogP contribution in [0, 0.1) is 0 Å². The third-order valence-electron chi connectivity index (χ3n) is 2.20. The lowest BCUT2D eigenvalue weighted by atomic mass is 10.2. The van der Waals surface area contributed by atoms with Crippen LogP contribution in [-0.2, 0) is 14.8 Å². The zero-order chi connectivity index (χ0) is 11.6. The predicted molar refractivity (Wildman–Crippen MR) is 52.7 cm³/mol. The zero-order valence-corrected chi connectivity index (χ0v) is 8.85. The molecule has 1 aliphatic heterocycles. The predicted octanol–water partition coefficient (Wildman–Crippen LogP) is -0.978. The van der Waals surface area contributed by atoms with Gasteiger partial charge < -0.3 is 10.2 Å². The van der Waals surface area contributed by atoms with Crippen molar-refractivity contribution in [2.45, 2.75) is 18.6 Å². The minimum Gasteiger partial charge on any atom is -0.480 e. The van der Waals surface area contributed by atoms with E-state index in [9.17, 15) is 18.3 Å². The molecule has 86 valence electrons. The van der Waals surface area contributed by atoms with Crippen LogP contribution in [0.15, 0.2) is 12.7 Å². The van der Waals surface area contributed by atoms with Crippen molar-refractivity contribution in [3.8, 4) is 0 Å². The molecule has 0 radical (unpaired) electrons. The number of hydrogen-bond donors (Lipinski definition) is 2. The highest BCUT2D eigenvalue weighted by molar-refractivity contribution is 7.89. The average molecular weight is 235 g/mol. The van der Waals surface area contributed by atoms with Gasteiger partial charge in [0.15, 0.2) is 0 Å². The molecule has 0 saturated carbocycles. The summed E-state index contributed by atoms with van der Waals surface area (Å²) in [5, 5.41) is 18.0. The molecule has 15 heavy (non-hydrogen) atoms. The molecule has 2 atom stereocenters. The number of aliphatic hydroxyl groups excluding tert-OH is 1. The van der Waals surface area contributed by atoms with E-state index in [2.05, 4.69) is 6.58 Å². The van der Waals surface area contributed by atoms with Crippen molar-refractivity contribution < 1.29 is 23.4 Å². The largest absolute Gasteiger partial charge is 0.480 e. The molecule has 1 fully saturated rings. The van der Waals surface area contributed by atoms with E-state index in [1.165, 1.54) is 6.08 Å². The molecule has 0 spiro atoms. The molecular weight excluding hydrogens is 222 g/mol. The summed E-state index contributed by atoms with van der Waals surface area (Å²) in [7, 11) is -3.66. The number of hydrogen-bond acceptors (Lipinski definition) is 4. The third-order valence-corrected chi connectivity index (χ3v) is 3.98. The van der Waals surface area contributed by atoms with Gasteiger partial charge in [-0.15, -0.1) is 6.58 Å². The molecule has 1 saturated heterocycles. The highest BCUT2D eigenvalue weighted by Gasteiger charge is 2.42. The fourth-order valence-corrected chi connectivity index (χ4v) is 3.01. The van der Waals surface area contributed by atoms with Crippen LogP contribution in [0.2, 0.25) is 0 Å². The standard InChI is InChI=1S/C8H13NO5S/c1-2-3-15(13,14)9-5-6(10)4-7(9)8(11)12/h2,6-7,10H,1,3-5H2,(H,11,12)/t6-,7-/m0/s1. The van der Waals surface area contributed by atoms with Crippen LogP contribution in [0.3, 0.4) is 0 Å². The van der Waals surface area contributed by atoms with Crippen molar-refractivity contribution >= 4 is 16.0 Å². The van der Waals surface area contributed by atoms with Gasteiger partial charge in [0.05, 0.1) is 11.9 Å². The summed E-state index contributed by atoms with van der Waals surface area (Å²) >= 11 is 0. The first-order valence-electron chi connectivity index (χ1n) is 4.39. The fraction of sp³-hybridized carbons (Fsp3) is 0.625. The summed E-state index contributed by atoms with van der Waals surface area (Å²) in [6.45, 7) is 3.13. The van der Waals surface area contributed by atoms with Crippen molar-refractivity contribution in [1.82, 2.24) is 4.31 Å². The summed E-state index contributed by atoms with van der Waals surface area (Å²) in [4.78, 5) is 10.8. The maximum atomic E-state index is 11.6. The number of aliphatic carboxylic acids is 1. The second-order valence-electron chi connectivity index (χ2n) is 3.38. The van der Waals surface area contributed by atoms with E-state index >= 15 is 0 Å². The number of aliphatic hydroxyl groups is 1. The van der Waals surface area contributed by atoms with Gasteiger partial charge in [-0.1, -0.05) is 6.08 Å². The molecule has 2 N–H and O–H groups in total. The lowest BCUT2D eigenvalue weighted by Gasteiger charge is -2.19. The van der Waals surface area contributed by atoms with Gasteiger partial charge in [-0.2, -0.15) is 4.31 Å². The summed E-state index contributed by atoms with van der Waals surface area (Å²) in [5.41, 5.74) is 0. The first-order valence-corrected chi connectivity index (χ1v) is 6.00. The van der Waals surface area contributed by atoms with Gasteiger partial charge in [-0.05, 0) is 0 Å². The first kappa shape index (κ1) is 12.2. The summed E-state index contributed by atoms with van der Waals surface area (Å²) in [6, 6.07) is -1.16. The minimum atomic E-state index is -3.66. The van der Waals surface area contributed by atoms with Gasteiger partial charge in [0, 0.05) is 13.0 Å². The van der Waals surface area contributed by atoms with Gasteiger partial charge in [0.2, 0.25) is 10.0 Å². The number of carboxylic acid groups (broad SMARTS) is 1. The van der Waals surface area contributed by atoms with E-state index in [1.807, 2.05) is 0 Å². The SMILES string of the molecule is C=CCS(=O)(=O)N1C[C@@H](O)C[C@H]1C(=O)O. The third kappa shape index (κ3) is 2.55. The molecule has 0 unspecified atom stereocenters. The highest BCUT2D eigenvalue weighted by atomic mass is 32.2. The molecule has 6 nitrogen and oxygen atoms in total. The van der Waals surface area contributed by atoms with Crippen LogP contribution >= 0.6 is 0 Å². The Morgan fingerprint density at radius 2 is 2.20 bits per heavy atom. The van der Waals surface area contributed by atoms with Gasteiger partial charge >= 0.3 is 5.97 Å². The molecule has 0 aromatic heterocycles. The van der Waals surface area contributed by atoms with Crippen LogP contribution in [0.1, 0.15) is 6.42 Å². The average Bonchev–Trinajstić information content (AvgIpc) is 2.47. The van der Waals surface area contributed by atoms with E-state index in [-0.39, 0.29) is 18.7 Å². The van der Waals surface area contributed by atoms with E-state index in [0.717, 1.165) is 4.31 Å². The molecule has 1 aliphatic rings. The molecule has 1 rings (SSSR count). The second-order valence-corrected chi connectivity index (χ2v) is 5.35. The summed E-state index contributed by atoms with van der Waals surface area (Å²) in [5.74, 6) is -1.55. The molecule has 0 bridgehead atoms. The Kier molecular flexibility index (Phi) is 3.48. The van der Waals surface area contributed by atoms with Gasteiger partial charge in [0.25, 0.3) is 0 Å². The fourth-order valence-electron chi connectivity index (χ4n) is 1.56. The molecule has 0 aromatic rings. The van der Waals surface area contributed by atoms with E-state index in [1.54, 1.807) is 0 Å². The Labute approximate surface area is 87.9 Å². The van der Waals surface area contributed by atoms with Crippen molar-refractivity contribution in [2.24, 2.45) is 0 Å². The lowest BCUT2D eigenvalue weighted by molar-refractivity contribution is -0.140. The van der Waals surface area contributed by atoms with Crippen LogP contribution < -0.4 is 0 Å². The van der Waals surface area contributed by atoms with E-state index < -0.39 is 28.1 Å². The maximum Gasteiger partial charge on any atom is 0.322 e. The Bertz CT molecular complexity index is 363. The Balaban J connectivity index is 2.93. The van der Waals surface area contributed by atoms with Crippen LogP contribution in [0.5, 0.6) is 0 Å². The minimum absolute atomic E-state index is 0.0638. The van der Waals surface area contributed by atoms with Crippen LogP contribution in [0.25, 0.3) is 0 Å². The van der Waals surface area contributed by atoms with Gasteiger partial charge in [-0.3, -0.25) is 4.79 Å². The van der Waals surface area contributed by atoms with Crippen LogP contribution in [0.4, 0.5) is 0 Å². The summed E-state index contributed by atoms with van der Waals surface area (Å²) in [6.07, 6.45) is 0.218. The Hall–Kier alpha value is -0.920. The van der Waals surface area contributed by atoms with Crippen molar-refractivity contribution in [3.05, 3.63) is 12.7 Å². The number of β-amino-alcohol motifs (C(OH)–C–C–N with tert-alkyl or cyclic N) is 1. The highest BCUT2D eigenvalue weighted by Crippen LogP contribution is 2.22. The molecule has 0 aliphatic carbocycles. The number of carboxylic acids is 1. The van der Waals surface area contributed by atoms with Gasteiger partial charge in [-0.25, -0.2) is 8.42 Å². The monoisotopic (exact) mass is 235 g/mol.